The van der Waals surface area contributed by atoms with E-state index in [-0.39, 0.29) is 94.0 Å². The number of nitrogens with one attached hydrogen (secondary N) is 4. The number of aliphatic carboxylic acids is 6. The lowest BCUT2D eigenvalue weighted by atomic mass is 10.3. The molecule has 0 radical (unpaired) electrons. The van der Waals surface area contributed by atoms with Gasteiger partial charge in [0.15, 0.2) is 15.2 Å². The molecular formula is C34H88N10O28P2. The Kier molecular flexibility index (Phi) is 62.9. The average Bonchev–Trinajstić information content (AvgIpc) is 3.14. The third-order valence-corrected chi connectivity index (χ3v) is 12.0. The Morgan fingerprint density at radius 3 is 0.757 bits per heavy atom. The van der Waals surface area contributed by atoms with Crippen LogP contribution < -0.4 is 60.4 Å². The van der Waals surface area contributed by atoms with Crippen molar-refractivity contribution < 1.29 is 173 Å². The van der Waals surface area contributed by atoms with E-state index in [9.17, 15) is 68.1 Å². The van der Waals surface area contributed by atoms with E-state index in [0.717, 1.165) is 0 Å². The number of hydrogen-bond acceptors (Lipinski definition) is 18. The molecule has 74 heavy (non-hydrogen) atoms. The van der Waals surface area contributed by atoms with E-state index >= 15 is 0 Å². The second-order valence-corrected chi connectivity index (χ2v) is 19.3. The number of carboxylic acid groups (broad SMARTS) is 6. The second-order valence-electron chi connectivity index (χ2n) is 16.0. The molecule has 32 N–H and O–H groups in total. The molecule has 0 saturated carbocycles. The van der Waals surface area contributed by atoms with E-state index in [0.29, 0.717) is 150 Å². The fourth-order valence-corrected chi connectivity index (χ4v) is 8.22. The standard InChI is InChI=1S/2C17H34N5O9P.10H2O/c2*23-15(24)11-20-5-3-19(2-1-18-14-32(29,30)31)4-6-21(12-16(25)26)8-10-22(9-7-20)13-17(27)28;;;;;;;;;;/h2*18H,1-14H2,(H,23,24)(H,25,26)(H,27,28)(H2,29,30,31);10*1H2. The minimum absolute atomic E-state index is 0. The first-order valence-electron chi connectivity index (χ1n) is 21.0. The second kappa shape index (κ2) is 50.2. The van der Waals surface area contributed by atoms with Gasteiger partial charge >= 0.3 is 11.9 Å². The third kappa shape index (κ3) is 53.2. The Morgan fingerprint density at radius 2 is 0.595 bits per heavy atom. The molecule has 0 spiro atoms. The van der Waals surface area contributed by atoms with E-state index in [4.69, 9.17) is 20.0 Å². The number of quaternary nitrogens is 6. The van der Waals surface area contributed by atoms with Gasteiger partial charge in [-0.25, -0.2) is 0 Å². The zero-order valence-electron chi connectivity index (χ0n) is 41.1. The van der Waals surface area contributed by atoms with Gasteiger partial charge in [0, 0.05) is 65.4 Å². The molecule has 2 heterocycles. The molecule has 0 aliphatic carbocycles. The molecule has 452 valence electrons. The monoisotopic (exact) mass is 1150 g/mol. The molecule has 0 amide bonds. The van der Waals surface area contributed by atoms with Gasteiger partial charge < -0.3 is 164 Å². The number of hydrogen-bond donors (Lipinski definition) is 10. The summed E-state index contributed by atoms with van der Waals surface area (Å²) in [6.45, 7) is 6.77. The Hall–Kier alpha value is -3.68. The lowest BCUT2D eigenvalue weighted by molar-refractivity contribution is -0.898. The Bertz CT molecular complexity index is 1390. The predicted octanol–water partition coefficient (Wildman–Crippen LogP) is -28.2. The Labute approximate surface area is 426 Å². The van der Waals surface area contributed by atoms with Gasteiger partial charge in [-0.1, -0.05) is 0 Å². The molecule has 40 heteroatoms. The molecule has 2 saturated heterocycles. The summed E-state index contributed by atoms with van der Waals surface area (Å²) >= 11 is 0. The van der Waals surface area contributed by atoms with Crippen LogP contribution >= 0.6 is 15.2 Å². The number of nitrogens with two attached hydrogens (primary N) is 2. The van der Waals surface area contributed by atoms with E-state index < -0.39 is 63.6 Å². The Balaban J connectivity index is -0.000000122. The topological polar surface area (TPSA) is 735 Å². The maximum absolute atomic E-state index is 11.2. The van der Waals surface area contributed by atoms with Crippen LogP contribution in [0.5, 0.6) is 0 Å². The molecule has 0 aromatic carbocycles. The van der Waals surface area contributed by atoms with Crippen LogP contribution in [0.1, 0.15) is 0 Å². The van der Waals surface area contributed by atoms with E-state index in [1.165, 1.54) is 10.6 Å². The van der Waals surface area contributed by atoms with Gasteiger partial charge in [-0.2, -0.15) is 0 Å². The van der Waals surface area contributed by atoms with Gasteiger partial charge in [-0.05, 0) is 0 Å². The maximum Gasteiger partial charge on any atom is 0.317 e. The minimum atomic E-state index is -4.37. The smallest absolute Gasteiger partial charge is 0.317 e. The molecule has 2 aliphatic heterocycles. The quantitative estimate of drug-likeness (QED) is 0.0355. The molecule has 2 rings (SSSR count). The summed E-state index contributed by atoms with van der Waals surface area (Å²) in [4.78, 5) is 117. The number of carboxylic acids is 6. The molecule has 38 nitrogen and oxygen atoms in total. The van der Waals surface area contributed by atoms with E-state index in [2.05, 4.69) is 0 Å². The summed E-state index contributed by atoms with van der Waals surface area (Å²) in [6, 6.07) is 0. The highest BCUT2D eigenvalue weighted by Gasteiger charge is 2.24. The molecule has 0 aromatic heterocycles. The predicted molar refractivity (Wildman–Crippen MR) is 242 cm³/mol. The molecular weight excluding hydrogens is 1060 g/mol. The van der Waals surface area contributed by atoms with Gasteiger partial charge in [-0.15, -0.1) is 0 Å². The normalized spacial score (nSPS) is 20.8. The van der Waals surface area contributed by atoms with Crippen molar-refractivity contribution in [2.75, 3.05) is 183 Å². The van der Waals surface area contributed by atoms with Gasteiger partial charge in [0.25, 0.3) is 0 Å². The van der Waals surface area contributed by atoms with Crippen molar-refractivity contribution in [3.63, 3.8) is 0 Å². The number of carbonyl (C=O) groups excluding carboxylic acids is 4. The molecule has 2 fully saturated rings. The van der Waals surface area contributed by atoms with Crippen molar-refractivity contribution >= 4 is 51.0 Å². The maximum atomic E-state index is 11.2. The molecule has 0 bridgehead atoms. The summed E-state index contributed by atoms with van der Waals surface area (Å²) in [6.07, 6.45) is -0.880. The van der Waals surface area contributed by atoms with E-state index in [1.807, 2.05) is 9.80 Å². The van der Waals surface area contributed by atoms with Crippen LogP contribution in [0.3, 0.4) is 0 Å². The first-order valence-corrected chi connectivity index (χ1v) is 24.6. The lowest BCUT2D eigenvalue weighted by Crippen LogP contribution is -3.16. The summed E-state index contributed by atoms with van der Waals surface area (Å²) in [5.74, 6) is -6.89. The largest absolute Gasteiger partial charge is 0.775 e. The van der Waals surface area contributed by atoms with Crippen molar-refractivity contribution in [3.8, 4) is 0 Å². The van der Waals surface area contributed by atoms with Gasteiger partial charge in [-0.3, -0.25) is 29.2 Å². The Morgan fingerprint density at radius 1 is 0.405 bits per heavy atom. The van der Waals surface area contributed by atoms with Crippen LogP contribution in [0.25, 0.3) is 0 Å². The third-order valence-electron chi connectivity index (χ3n) is 10.6. The van der Waals surface area contributed by atoms with Crippen molar-refractivity contribution in [2.45, 2.75) is 0 Å². The van der Waals surface area contributed by atoms with Gasteiger partial charge in [0.1, 0.15) is 38.8 Å². The highest BCUT2D eigenvalue weighted by molar-refractivity contribution is 7.50. The average molecular weight is 1150 g/mol. The van der Waals surface area contributed by atoms with Crippen molar-refractivity contribution in [1.82, 2.24) is 19.6 Å². The highest BCUT2D eigenvalue weighted by Crippen LogP contribution is 2.24. The van der Waals surface area contributed by atoms with Gasteiger partial charge in [0.2, 0.25) is 0 Å². The highest BCUT2D eigenvalue weighted by atomic mass is 31.2. The van der Waals surface area contributed by atoms with Crippen LogP contribution in [0.15, 0.2) is 0 Å². The van der Waals surface area contributed by atoms with Crippen molar-refractivity contribution in [1.29, 1.82) is 0 Å². The molecule has 0 aromatic rings. The fourth-order valence-electron chi connectivity index (χ4n) is 7.20. The molecule has 6 atom stereocenters. The summed E-state index contributed by atoms with van der Waals surface area (Å²) in [5.41, 5.74) is 0. The van der Waals surface area contributed by atoms with Crippen LogP contribution in [0.4, 0.5) is 0 Å². The summed E-state index contributed by atoms with van der Waals surface area (Å²) < 4.78 is 21.8. The van der Waals surface area contributed by atoms with Crippen LogP contribution in [-0.4, -0.2) is 313 Å². The fraction of sp³-hybridized carbons (Fsp3) is 0.824. The molecule has 6 unspecified atom stereocenters. The summed E-state index contributed by atoms with van der Waals surface area (Å²) in [7, 11) is -8.73. The van der Waals surface area contributed by atoms with Crippen molar-refractivity contribution in [2.24, 2.45) is 0 Å². The number of rotatable bonds is 22. The van der Waals surface area contributed by atoms with E-state index in [1.54, 1.807) is 9.80 Å². The van der Waals surface area contributed by atoms with Gasteiger partial charge in [0.05, 0.1) is 102 Å². The first kappa shape index (κ1) is 92.9. The first-order chi connectivity index (χ1) is 29.9. The zero-order chi connectivity index (χ0) is 48.3. The molecule has 2 aliphatic rings. The SMILES string of the molecule is O.O.O.O.O.O.O.O.O.O.O=C([O-])C[NH+]1CCN(CC[NH2+]CP(=O)([O-])O)CC[NH+](CC(=O)[O-])CCN(CC(=O)O)CC1.O=C([O-])C[NH+]1CCN(CC[NH2+]CP(=O)([O-])O)CC[NH+](CC(=O)[O-])CCN(CC(=O)O)CC1. The van der Waals surface area contributed by atoms with Crippen LogP contribution in [0.2, 0.25) is 0 Å². The van der Waals surface area contributed by atoms with Crippen LogP contribution in [0, 0.1) is 0 Å². The summed E-state index contributed by atoms with van der Waals surface area (Å²) in [5, 5.41) is 65.7. The lowest BCUT2D eigenvalue weighted by Gasteiger charge is -2.31. The number of nitrogens with zero attached hydrogens (tertiary/aromatic N) is 4. The minimum Gasteiger partial charge on any atom is -0.775 e. The van der Waals surface area contributed by atoms with Crippen molar-refractivity contribution in [3.05, 3.63) is 0 Å². The number of carbonyl (C=O) groups is 6. The van der Waals surface area contributed by atoms with Crippen LogP contribution in [-0.2, 0) is 37.9 Å². The zero-order valence-corrected chi connectivity index (χ0v) is 42.9.